The standard InChI is InChI=1S/C14H26O4S2/c1-2-7-14(17-12(15)8-3-5-10-19)18-13(16)9-4-6-11-20/h14,19-20H,2-11H2,1H3. The molecule has 0 saturated heterocycles. The first-order valence-electron chi connectivity index (χ1n) is 7.24. The van der Waals surface area contributed by atoms with Gasteiger partial charge in [-0.2, -0.15) is 25.3 Å². The predicted octanol–water partition coefficient (Wildman–Crippen LogP) is 3.40. The van der Waals surface area contributed by atoms with Gasteiger partial charge < -0.3 is 9.47 Å². The smallest absolute Gasteiger partial charge is 0.308 e. The monoisotopic (exact) mass is 322 g/mol. The minimum Gasteiger partial charge on any atom is -0.425 e. The highest BCUT2D eigenvalue weighted by Gasteiger charge is 2.17. The molecule has 118 valence electrons. The Labute approximate surface area is 132 Å². The third-order valence-electron chi connectivity index (χ3n) is 2.63. The van der Waals surface area contributed by atoms with Gasteiger partial charge in [0.05, 0.1) is 0 Å². The molecule has 20 heavy (non-hydrogen) atoms. The minimum atomic E-state index is -0.744. The van der Waals surface area contributed by atoms with Crippen molar-refractivity contribution in [1.29, 1.82) is 0 Å². The Bertz CT molecular complexity index is 248. The van der Waals surface area contributed by atoms with Crippen LogP contribution in [0.15, 0.2) is 0 Å². The van der Waals surface area contributed by atoms with Gasteiger partial charge in [-0.1, -0.05) is 6.92 Å². The molecule has 0 aliphatic rings. The lowest BCUT2D eigenvalue weighted by atomic mass is 10.2. The van der Waals surface area contributed by atoms with Gasteiger partial charge in [0.1, 0.15) is 0 Å². The Hall–Kier alpha value is -0.360. The van der Waals surface area contributed by atoms with Crippen molar-refractivity contribution in [3.8, 4) is 0 Å². The van der Waals surface area contributed by atoms with Crippen LogP contribution in [0.3, 0.4) is 0 Å². The number of rotatable bonds is 12. The third-order valence-corrected chi connectivity index (χ3v) is 3.26. The number of hydrogen-bond donors (Lipinski definition) is 2. The van der Waals surface area contributed by atoms with Crippen molar-refractivity contribution < 1.29 is 19.1 Å². The first-order valence-corrected chi connectivity index (χ1v) is 8.51. The van der Waals surface area contributed by atoms with Crippen molar-refractivity contribution in [2.24, 2.45) is 0 Å². The summed E-state index contributed by atoms with van der Waals surface area (Å²) in [6.07, 6.45) is 4.52. The molecule has 0 aromatic heterocycles. The highest BCUT2D eigenvalue weighted by Crippen LogP contribution is 2.10. The van der Waals surface area contributed by atoms with Crippen molar-refractivity contribution in [2.75, 3.05) is 11.5 Å². The zero-order valence-electron chi connectivity index (χ0n) is 12.2. The van der Waals surface area contributed by atoms with Crippen molar-refractivity contribution in [3.05, 3.63) is 0 Å². The molecule has 0 bridgehead atoms. The van der Waals surface area contributed by atoms with E-state index in [1.165, 1.54) is 0 Å². The summed E-state index contributed by atoms with van der Waals surface area (Å²) in [4.78, 5) is 23.2. The summed E-state index contributed by atoms with van der Waals surface area (Å²) in [6.45, 7) is 1.95. The molecule has 0 fully saturated rings. The van der Waals surface area contributed by atoms with Crippen molar-refractivity contribution >= 4 is 37.2 Å². The van der Waals surface area contributed by atoms with Crippen LogP contribution in [0, 0.1) is 0 Å². The van der Waals surface area contributed by atoms with E-state index in [4.69, 9.17) is 9.47 Å². The summed E-state index contributed by atoms with van der Waals surface area (Å²) in [5, 5.41) is 0. The van der Waals surface area contributed by atoms with Gasteiger partial charge in [-0.25, -0.2) is 0 Å². The van der Waals surface area contributed by atoms with Crippen LogP contribution < -0.4 is 0 Å². The largest absolute Gasteiger partial charge is 0.425 e. The maximum atomic E-state index is 11.6. The topological polar surface area (TPSA) is 52.6 Å². The number of hydrogen-bond acceptors (Lipinski definition) is 6. The van der Waals surface area contributed by atoms with Crippen LogP contribution in [0.5, 0.6) is 0 Å². The van der Waals surface area contributed by atoms with Crippen molar-refractivity contribution in [3.63, 3.8) is 0 Å². The summed E-state index contributed by atoms with van der Waals surface area (Å²) in [5.41, 5.74) is 0. The molecule has 0 rings (SSSR count). The number of thiol groups is 2. The minimum absolute atomic E-state index is 0.312. The van der Waals surface area contributed by atoms with Gasteiger partial charge in [0.25, 0.3) is 0 Å². The van der Waals surface area contributed by atoms with Gasteiger partial charge >= 0.3 is 11.9 Å². The molecular weight excluding hydrogens is 296 g/mol. The molecule has 0 atom stereocenters. The molecule has 0 radical (unpaired) electrons. The SMILES string of the molecule is CCCC(OC(=O)CCCCS)OC(=O)CCCCS. The van der Waals surface area contributed by atoms with Crippen LogP contribution in [-0.4, -0.2) is 29.7 Å². The van der Waals surface area contributed by atoms with Gasteiger partial charge in [0.2, 0.25) is 6.29 Å². The molecule has 0 aromatic rings. The first kappa shape index (κ1) is 19.6. The molecule has 0 saturated carbocycles. The Morgan fingerprint density at radius 2 is 1.35 bits per heavy atom. The van der Waals surface area contributed by atoms with E-state index < -0.39 is 6.29 Å². The molecule has 0 heterocycles. The quantitative estimate of drug-likeness (QED) is 0.250. The average molecular weight is 322 g/mol. The van der Waals surface area contributed by atoms with Crippen molar-refractivity contribution in [1.82, 2.24) is 0 Å². The summed E-state index contributed by atoms with van der Waals surface area (Å²) >= 11 is 8.17. The van der Waals surface area contributed by atoms with Gasteiger partial charge in [0, 0.05) is 19.3 Å². The Morgan fingerprint density at radius 1 is 0.900 bits per heavy atom. The van der Waals surface area contributed by atoms with Crippen LogP contribution in [0.25, 0.3) is 0 Å². The Kier molecular flexibility index (Phi) is 13.4. The highest BCUT2D eigenvalue weighted by atomic mass is 32.1. The fourth-order valence-electron chi connectivity index (χ4n) is 1.55. The summed E-state index contributed by atoms with van der Waals surface area (Å²) in [5.74, 6) is 0.888. The molecule has 0 aromatic carbocycles. The van der Waals surface area contributed by atoms with Gasteiger partial charge in [-0.3, -0.25) is 9.59 Å². The average Bonchev–Trinajstić information content (AvgIpc) is 2.39. The van der Waals surface area contributed by atoms with Crippen LogP contribution >= 0.6 is 25.3 Å². The lowest BCUT2D eigenvalue weighted by Crippen LogP contribution is -2.24. The van der Waals surface area contributed by atoms with E-state index in [-0.39, 0.29) is 11.9 Å². The number of esters is 2. The van der Waals surface area contributed by atoms with Crippen molar-refractivity contribution in [2.45, 2.75) is 64.6 Å². The fourth-order valence-corrected chi connectivity index (χ4v) is 2.00. The first-order chi connectivity index (χ1) is 9.63. The van der Waals surface area contributed by atoms with Gasteiger partial charge in [-0.05, 0) is 43.6 Å². The van der Waals surface area contributed by atoms with E-state index in [0.29, 0.717) is 19.3 Å². The Balaban J connectivity index is 4.01. The van der Waals surface area contributed by atoms with Gasteiger partial charge in [0.15, 0.2) is 0 Å². The second-order valence-electron chi connectivity index (χ2n) is 4.56. The Morgan fingerprint density at radius 3 is 1.70 bits per heavy atom. The van der Waals surface area contributed by atoms with E-state index in [9.17, 15) is 9.59 Å². The van der Waals surface area contributed by atoms with E-state index in [1.54, 1.807) is 0 Å². The number of carbonyl (C=O) groups is 2. The second kappa shape index (κ2) is 13.6. The molecule has 6 heteroatoms. The summed E-state index contributed by atoms with van der Waals surface area (Å²) < 4.78 is 10.4. The molecular formula is C14H26O4S2. The van der Waals surface area contributed by atoms with E-state index >= 15 is 0 Å². The van der Waals surface area contributed by atoms with E-state index in [2.05, 4.69) is 25.3 Å². The molecule has 0 unspecified atom stereocenters. The lowest BCUT2D eigenvalue weighted by molar-refractivity contribution is -0.189. The van der Waals surface area contributed by atoms with E-state index in [1.807, 2.05) is 6.92 Å². The molecule has 0 spiro atoms. The number of ether oxygens (including phenoxy) is 2. The molecule has 4 nitrogen and oxygen atoms in total. The van der Waals surface area contributed by atoms with E-state index in [0.717, 1.165) is 43.6 Å². The number of unbranched alkanes of at least 4 members (excludes halogenated alkanes) is 2. The highest BCUT2D eigenvalue weighted by molar-refractivity contribution is 7.80. The lowest BCUT2D eigenvalue weighted by Gasteiger charge is -2.17. The second-order valence-corrected chi connectivity index (χ2v) is 5.45. The normalized spacial score (nSPS) is 10.6. The zero-order valence-corrected chi connectivity index (χ0v) is 14.0. The van der Waals surface area contributed by atoms with Crippen LogP contribution in [0.1, 0.15) is 58.3 Å². The summed E-state index contributed by atoms with van der Waals surface area (Å²) in [6, 6.07) is 0. The van der Waals surface area contributed by atoms with Gasteiger partial charge in [-0.15, -0.1) is 0 Å². The zero-order chi connectivity index (χ0) is 15.2. The molecule has 0 aliphatic carbocycles. The maximum absolute atomic E-state index is 11.6. The fraction of sp³-hybridized carbons (Fsp3) is 0.857. The predicted molar refractivity (Wildman–Crippen MR) is 86.3 cm³/mol. The van der Waals surface area contributed by atoms with Crippen LogP contribution in [0.4, 0.5) is 0 Å². The summed E-state index contributed by atoms with van der Waals surface area (Å²) in [7, 11) is 0. The van der Waals surface area contributed by atoms with Crippen LogP contribution in [-0.2, 0) is 19.1 Å². The maximum Gasteiger partial charge on any atom is 0.308 e. The third kappa shape index (κ3) is 11.5. The molecule has 0 N–H and O–H groups in total. The molecule has 0 amide bonds. The number of carbonyl (C=O) groups excluding carboxylic acids is 2. The molecule has 0 aliphatic heterocycles. The van der Waals surface area contributed by atoms with Crippen LogP contribution in [0.2, 0.25) is 0 Å².